The van der Waals surface area contributed by atoms with E-state index in [1.165, 1.54) is 12.1 Å². The second-order valence-corrected chi connectivity index (χ2v) is 8.22. The van der Waals surface area contributed by atoms with Gasteiger partial charge in [0.05, 0.1) is 36.4 Å². The Hall–Kier alpha value is -2.19. The molecule has 1 aliphatic carbocycles. The molecule has 1 amide bonds. The van der Waals surface area contributed by atoms with Crippen molar-refractivity contribution in [1.82, 2.24) is 4.90 Å². The third-order valence-corrected chi connectivity index (χ3v) is 6.21. The monoisotopic (exact) mass is 390 g/mol. The fourth-order valence-corrected chi connectivity index (χ4v) is 4.12. The number of carbonyl (C=O) groups excluding carboxylic acids is 1. The Kier molecular flexibility index (Phi) is 5.25. The van der Waals surface area contributed by atoms with Crippen molar-refractivity contribution in [3.8, 4) is 0 Å². The van der Waals surface area contributed by atoms with Crippen molar-refractivity contribution in [3.63, 3.8) is 0 Å². The summed E-state index contributed by atoms with van der Waals surface area (Å²) in [5, 5.41) is 10.7. The Labute approximate surface area is 163 Å². The number of carbonyl (C=O) groups is 1. The predicted molar refractivity (Wildman–Crippen MR) is 99.8 cm³/mol. The van der Waals surface area contributed by atoms with E-state index < -0.39 is 4.92 Å². The van der Waals surface area contributed by atoms with Crippen molar-refractivity contribution in [1.29, 1.82) is 0 Å². The Morgan fingerprint density at radius 2 is 2.07 bits per heavy atom. The molecule has 0 aromatic heterocycles. The van der Waals surface area contributed by atoms with E-state index in [0.717, 1.165) is 32.3 Å². The van der Waals surface area contributed by atoms with Gasteiger partial charge in [-0.05, 0) is 50.3 Å². The second kappa shape index (κ2) is 7.67. The maximum atomic E-state index is 12.2. The fourth-order valence-electron chi connectivity index (χ4n) is 4.12. The number of rotatable bonds is 7. The number of nitro groups is 1. The van der Waals surface area contributed by atoms with Crippen LogP contribution in [0.3, 0.4) is 0 Å². The Balaban J connectivity index is 1.20. The number of nitro benzene ring substituents is 1. The van der Waals surface area contributed by atoms with Crippen LogP contribution in [0.15, 0.2) is 24.3 Å². The van der Waals surface area contributed by atoms with E-state index in [2.05, 4.69) is 0 Å². The molecule has 5 rings (SSSR count). The quantitative estimate of drug-likeness (QED) is 0.403. The summed E-state index contributed by atoms with van der Waals surface area (Å²) in [7, 11) is 0. The van der Waals surface area contributed by atoms with Gasteiger partial charge in [-0.3, -0.25) is 15.0 Å². The molecule has 1 aromatic rings. The summed E-state index contributed by atoms with van der Waals surface area (Å²) in [5.74, 6) is 0. The van der Waals surface area contributed by atoms with Gasteiger partial charge in [0, 0.05) is 24.1 Å². The van der Waals surface area contributed by atoms with E-state index in [1.807, 2.05) is 6.92 Å². The zero-order valence-electron chi connectivity index (χ0n) is 16.0. The van der Waals surface area contributed by atoms with Gasteiger partial charge in [0.1, 0.15) is 6.61 Å². The number of hydrogen-bond donors (Lipinski definition) is 0. The molecule has 4 aliphatic rings. The molecule has 2 atom stereocenters. The van der Waals surface area contributed by atoms with Crippen LogP contribution in [-0.2, 0) is 20.8 Å². The van der Waals surface area contributed by atoms with Gasteiger partial charge >= 0.3 is 6.09 Å². The van der Waals surface area contributed by atoms with Crippen LogP contribution < -0.4 is 0 Å². The maximum absolute atomic E-state index is 12.2. The van der Waals surface area contributed by atoms with Crippen molar-refractivity contribution < 1.29 is 23.9 Å². The molecule has 0 spiro atoms. The first-order chi connectivity index (χ1) is 13.5. The van der Waals surface area contributed by atoms with E-state index in [-0.39, 0.29) is 35.9 Å². The first-order valence-electron chi connectivity index (χ1n) is 9.86. The van der Waals surface area contributed by atoms with Gasteiger partial charge in [-0.15, -0.1) is 0 Å². The van der Waals surface area contributed by atoms with Crippen LogP contribution in [0.25, 0.3) is 0 Å². The van der Waals surface area contributed by atoms with Gasteiger partial charge in [0.2, 0.25) is 0 Å². The lowest BCUT2D eigenvalue weighted by Gasteiger charge is -2.46. The molecule has 2 bridgehead atoms. The molecular formula is C20H26N2O6. The summed E-state index contributed by atoms with van der Waals surface area (Å²) < 4.78 is 17.3. The summed E-state index contributed by atoms with van der Waals surface area (Å²) in [5.41, 5.74) is 0.885. The molecule has 152 valence electrons. The number of benzene rings is 1. The first kappa shape index (κ1) is 19.1. The minimum Gasteiger partial charge on any atom is -0.445 e. The lowest BCUT2D eigenvalue weighted by molar-refractivity contribution is -0.384. The van der Waals surface area contributed by atoms with Crippen LogP contribution >= 0.6 is 0 Å². The Morgan fingerprint density at radius 1 is 1.36 bits per heavy atom. The lowest BCUT2D eigenvalue weighted by atomic mass is 9.72. The van der Waals surface area contributed by atoms with Crippen molar-refractivity contribution in [2.75, 3.05) is 19.8 Å². The average Bonchev–Trinajstić information content (AvgIpc) is 3.53. The SMILES string of the molecule is C[C@@H](OCC12CCC(CC1)OC2)C1CN1C(=O)OCc1ccc([N+](=O)[O-])cc1. The van der Waals surface area contributed by atoms with Crippen molar-refractivity contribution in [2.45, 2.75) is 57.5 Å². The summed E-state index contributed by atoms with van der Waals surface area (Å²) in [4.78, 5) is 24.1. The average molecular weight is 390 g/mol. The molecule has 1 aromatic carbocycles. The van der Waals surface area contributed by atoms with E-state index in [4.69, 9.17) is 14.2 Å². The summed E-state index contributed by atoms with van der Waals surface area (Å²) in [6.45, 7) is 4.20. The number of amides is 1. The molecular weight excluding hydrogens is 364 g/mol. The van der Waals surface area contributed by atoms with E-state index in [1.54, 1.807) is 17.0 Å². The number of nitrogens with zero attached hydrogens (tertiary/aromatic N) is 2. The zero-order valence-corrected chi connectivity index (χ0v) is 16.0. The molecule has 3 saturated heterocycles. The maximum Gasteiger partial charge on any atom is 0.410 e. The highest BCUT2D eigenvalue weighted by Gasteiger charge is 2.46. The van der Waals surface area contributed by atoms with Crippen molar-refractivity contribution in [3.05, 3.63) is 39.9 Å². The van der Waals surface area contributed by atoms with Gasteiger partial charge in [-0.25, -0.2) is 4.79 Å². The molecule has 8 heteroatoms. The highest BCUT2D eigenvalue weighted by molar-refractivity contribution is 5.71. The van der Waals surface area contributed by atoms with Crippen LogP contribution in [0.4, 0.5) is 10.5 Å². The molecule has 0 N–H and O–H groups in total. The first-order valence-corrected chi connectivity index (χ1v) is 9.86. The van der Waals surface area contributed by atoms with Crippen molar-refractivity contribution >= 4 is 11.8 Å². The molecule has 0 radical (unpaired) electrons. The predicted octanol–water partition coefficient (Wildman–Crippen LogP) is 3.28. The second-order valence-electron chi connectivity index (χ2n) is 8.22. The standard InChI is InChI=1S/C20H26N2O6/c1-14(27-12-20-8-6-17(7-9-20)28-13-20)18-10-21(18)19(23)26-11-15-2-4-16(5-3-15)22(24)25/h2-5,14,17-18H,6-13H2,1H3/t14-,17?,18?,20?,21?/m1/s1. The highest BCUT2D eigenvalue weighted by Crippen LogP contribution is 2.43. The van der Waals surface area contributed by atoms with E-state index >= 15 is 0 Å². The zero-order chi connectivity index (χ0) is 19.7. The third-order valence-electron chi connectivity index (χ3n) is 6.21. The molecule has 28 heavy (non-hydrogen) atoms. The van der Waals surface area contributed by atoms with Crippen LogP contribution in [-0.4, -0.2) is 53.9 Å². The minimum atomic E-state index is -0.456. The van der Waals surface area contributed by atoms with Crippen LogP contribution in [0, 0.1) is 15.5 Å². The van der Waals surface area contributed by atoms with Gasteiger partial charge < -0.3 is 14.2 Å². The van der Waals surface area contributed by atoms with E-state index in [0.29, 0.717) is 24.8 Å². The van der Waals surface area contributed by atoms with Gasteiger partial charge in [-0.2, -0.15) is 0 Å². The summed E-state index contributed by atoms with van der Waals surface area (Å²) in [6.07, 6.45) is 4.61. The van der Waals surface area contributed by atoms with Gasteiger partial charge in [0.25, 0.3) is 5.69 Å². The molecule has 1 saturated carbocycles. The lowest BCUT2D eigenvalue weighted by Crippen LogP contribution is -2.46. The largest absolute Gasteiger partial charge is 0.445 e. The minimum absolute atomic E-state index is 0.0170. The topological polar surface area (TPSA) is 90.9 Å². The Bertz CT molecular complexity index is 715. The number of non-ortho nitro benzene ring substituents is 1. The van der Waals surface area contributed by atoms with Crippen molar-refractivity contribution in [2.24, 2.45) is 5.41 Å². The van der Waals surface area contributed by atoms with Gasteiger partial charge in [0.15, 0.2) is 0 Å². The fraction of sp³-hybridized carbons (Fsp3) is 0.650. The summed E-state index contributed by atoms with van der Waals surface area (Å²) >= 11 is 0. The number of ether oxygens (including phenoxy) is 3. The van der Waals surface area contributed by atoms with E-state index in [9.17, 15) is 14.9 Å². The molecule has 1 unspecified atom stereocenters. The number of hydrogen-bond acceptors (Lipinski definition) is 6. The highest BCUT2D eigenvalue weighted by atomic mass is 16.6. The summed E-state index contributed by atoms with van der Waals surface area (Å²) in [6, 6.07) is 6.04. The normalized spacial score (nSPS) is 29.4. The van der Waals surface area contributed by atoms with Crippen LogP contribution in [0.1, 0.15) is 38.2 Å². The molecule has 4 fully saturated rings. The smallest absolute Gasteiger partial charge is 0.410 e. The van der Waals surface area contributed by atoms with Crippen LogP contribution in [0.5, 0.6) is 0 Å². The number of fused-ring (bicyclic) bond motifs is 3. The van der Waals surface area contributed by atoms with Gasteiger partial charge in [-0.1, -0.05) is 0 Å². The third kappa shape index (κ3) is 4.12. The molecule has 8 nitrogen and oxygen atoms in total. The molecule has 3 aliphatic heterocycles. The Morgan fingerprint density at radius 3 is 2.68 bits per heavy atom. The molecule has 3 heterocycles. The van der Waals surface area contributed by atoms with Crippen LogP contribution in [0.2, 0.25) is 0 Å².